The van der Waals surface area contributed by atoms with Gasteiger partial charge in [-0.25, -0.2) is 8.42 Å². The second-order valence-electron chi connectivity index (χ2n) is 6.53. The van der Waals surface area contributed by atoms with Crippen LogP contribution in [0.1, 0.15) is 39.1 Å². The van der Waals surface area contributed by atoms with Crippen LogP contribution in [-0.2, 0) is 9.84 Å². The first kappa shape index (κ1) is 16.0. The molecular formula is C19H17NO4S. The maximum Gasteiger partial charge on any atom is 0.251 e. The molecule has 2 aliphatic rings. The molecule has 2 aromatic carbocycles. The zero-order valence-electron chi connectivity index (χ0n) is 13.5. The van der Waals surface area contributed by atoms with Crippen LogP contribution in [0, 0.1) is 0 Å². The first-order chi connectivity index (χ1) is 11.9. The number of carbonyl (C=O) groups excluding carboxylic acids is 2. The van der Waals surface area contributed by atoms with Gasteiger partial charge in [-0.1, -0.05) is 30.3 Å². The van der Waals surface area contributed by atoms with Crippen LogP contribution in [0.4, 0.5) is 0 Å². The minimum atomic E-state index is -2.96. The van der Waals surface area contributed by atoms with Crippen molar-refractivity contribution in [1.82, 2.24) is 5.32 Å². The molecule has 1 amide bonds. The second-order valence-corrected chi connectivity index (χ2v) is 8.84. The fourth-order valence-corrected chi connectivity index (χ4v) is 4.96. The molecule has 1 aliphatic heterocycles. The summed E-state index contributed by atoms with van der Waals surface area (Å²) in [6, 6.07) is 12.4. The molecule has 6 heteroatoms. The smallest absolute Gasteiger partial charge is 0.251 e. The molecule has 0 bridgehead atoms. The third-order valence-corrected chi connectivity index (χ3v) is 6.59. The molecule has 0 spiro atoms. The van der Waals surface area contributed by atoms with Gasteiger partial charge in [-0.2, -0.15) is 0 Å². The molecule has 128 valence electrons. The van der Waals surface area contributed by atoms with Crippen molar-refractivity contribution >= 4 is 21.5 Å². The Morgan fingerprint density at radius 3 is 2.28 bits per heavy atom. The summed E-state index contributed by atoms with van der Waals surface area (Å²) in [6.45, 7) is 0. The lowest BCUT2D eigenvalue weighted by atomic mass is 10.0. The third-order valence-electron chi connectivity index (χ3n) is 4.88. The Bertz CT molecular complexity index is 980. The highest BCUT2D eigenvalue weighted by Gasteiger charge is 2.28. The summed E-state index contributed by atoms with van der Waals surface area (Å²) in [5.74, 6) is -0.119. The van der Waals surface area contributed by atoms with E-state index in [1.807, 2.05) is 18.2 Å². The number of nitrogens with one attached hydrogen (secondary N) is 1. The van der Waals surface area contributed by atoms with Crippen LogP contribution in [0.3, 0.4) is 0 Å². The molecule has 1 N–H and O–H groups in total. The zero-order chi connectivity index (χ0) is 17.6. The van der Waals surface area contributed by atoms with Crippen molar-refractivity contribution in [3.63, 3.8) is 0 Å². The Hall–Kier alpha value is -2.47. The van der Waals surface area contributed by atoms with Gasteiger partial charge in [-0.3, -0.25) is 9.59 Å². The van der Waals surface area contributed by atoms with E-state index < -0.39 is 9.84 Å². The topological polar surface area (TPSA) is 80.3 Å². The summed E-state index contributed by atoms with van der Waals surface area (Å²) in [5, 5.41) is 2.89. The number of sulfone groups is 1. The van der Waals surface area contributed by atoms with Gasteiger partial charge < -0.3 is 5.32 Å². The van der Waals surface area contributed by atoms with Gasteiger partial charge in [0.25, 0.3) is 5.91 Å². The van der Waals surface area contributed by atoms with Gasteiger partial charge in [0.2, 0.25) is 0 Å². The lowest BCUT2D eigenvalue weighted by Gasteiger charge is -2.23. The minimum absolute atomic E-state index is 0.0657. The first-order valence-corrected chi connectivity index (χ1v) is 10.1. The molecule has 2 aromatic rings. The van der Waals surface area contributed by atoms with Crippen LogP contribution in [-0.4, -0.2) is 37.7 Å². The predicted molar refractivity (Wildman–Crippen MR) is 94.5 cm³/mol. The van der Waals surface area contributed by atoms with Gasteiger partial charge in [0.1, 0.15) is 9.84 Å². The van der Waals surface area contributed by atoms with Crippen molar-refractivity contribution < 1.29 is 18.0 Å². The molecule has 0 radical (unpaired) electrons. The van der Waals surface area contributed by atoms with Crippen LogP contribution >= 0.6 is 0 Å². The summed E-state index contributed by atoms with van der Waals surface area (Å²) < 4.78 is 22.9. The Balaban J connectivity index is 1.55. The highest BCUT2D eigenvalue weighted by molar-refractivity contribution is 7.91. The summed E-state index contributed by atoms with van der Waals surface area (Å²) in [7, 11) is -2.96. The van der Waals surface area contributed by atoms with Gasteiger partial charge in [-0.05, 0) is 36.1 Å². The van der Waals surface area contributed by atoms with Gasteiger partial charge >= 0.3 is 0 Å². The average Bonchev–Trinajstić information content (AvgIpc) is 2.89. The second kappa shape index (κ2) is 5.81. The van der Waals surface area contributed by atoms with Gasteiger partial charge in [0.15, 0.2) is 5.78 Å². The molecular weight excluding hydrogens is 338 g/mol. The molecule has 1 aliphatic carbocycles. The van der Waals surface area contributed by atoms with Crippen LogP contribution in [0.2, 0.25) is 0 Å². The van der Waals surface area contributed by atoms with Crippen molar-refractivity contribution in [3.8, 4) is 11.1 Å². The normalized spacial score (nSPS) is 18.5. The molecule has 1 saturated heterocycles. The molecule has 0 saturated carbocycles. The Morgan fingerprint density at radius 1 is 0.920 bits per heavy atom. The van der Waals surface area contributed by atoms with E-state index in [-0.39, 0.29) is 29.2 Å². The molecule has 1 fully saturated rings. The van der Waals surface area contributed by atoms with Crippen molar-refractivity contribution in [3.05, 3.63) is 59.2 Å². The zero-order valence-corrected chi connectivity index (χ0v) is 14.3. The fraction of sp³-hybridized carbons (Fsp3) is 0.263. The number of ketones is 1. The Labute approximate surface area is 146 Å². The number of amides is 1. The molecule has 25 heavy (non-hydrogen) atoms. The van der Waals surface area contributed by atoms with E-state index in [9.17, 15) is 18.0 Å². The molecule has 5 nitrogen and oxygen atoms in total. The molecule has 0 aromatic heterocycles. The fourth-order valence-electron chi connectivity index (χ4n) is 3.47. The molecule has 0 unspecified atom stereocenters. The van der Waals surface area contributed by atoms with Crippen LogP contribution in [0.15, 0.2) is 42.5 Å². The largest absolute Gasteiger partial charge is 0.349 e. The van der Waals surface area contributed by atoms with Gasteiger partial charge in [0.05, 0.1) is 11.5 Å². The van der Waals surface area contributed by atoms with E-state index in [1.54, 1.807) is 24.3 Å². The number of hydrogen-bond donors (Lipinski definition) is 1. The third kappa shape index (κ3) is 2.87. The lowest BCUT2D eigenvalue weighted by Crippen LogP contribution is -2.40. The van der Waals surface area contributed by atoms with Gasteiger partial charge in [-0.15, -0.1) is 0 Å². The van der Waals surface area contributed by atoms with E-state index >= 15 is 0 Å². The van der Waals surface area contributed by atoms with Crippen molar-refractivity contribution in [2.24, 2.45) is 0 Å². The number of benzene rings is 2. The Morgan fingerprint density at radius 2 is 1.56 bits per heavy atom. The SMILES string of the molecule is O=C(NC1CCS(=O)(=O)CC1)c1ccc2c(c1)C(=O)c1ccccc1-2. The molecule has 0 atom stereocenters. The number of rotatable bonds is 2. The van der Waals surface area contributed by atoms with Crippen molar-refractivity contribution in [1.29, 1.82) is 0 Å². The van der Waals surface area contributed by atoms with Crippen LogP contribution in [0.5, 0.6) is 0 Å². The minimum Gasteiger partial charge on any atom is -0.349 e. The number of hydrogen-bond acceptors (Lipinski definition) is 4. The monoisotopic (exact) mass is 355 g/mol. The lowest BCUT2D eigenvalue weighted by molar-refractivity contribution is 0.0934. The van der Waals surface area contributed by atoms with E-state index in [2.05, 4.69) is 5.32 Å². The van der Waals surface area contributed by atoms with Crippen molar-refractivity contribution in [2.45, 2.75) is 18.9 Å². The maximum absolute atomic E-state index is 12.5. The number of fused-ring (bicyclic) bond motifs is 3. The highest BCUT2D eigenvalue weighted by Crippen LogP contribution is 2.36. The standard InChI is InChI=1S/C19H17NO4S/c21-18-16-4-2-1-3-14(16)15-6-5-12(11-17(15)18)19(22)20-13-7-9-25(23,24)10-8-13/h1-6,11,13H,7-10H2,(H,20,22). The van der Waals surface area contributed by atoms with E-state index in [1.165, 1.54) is 0 Å². The summed E-state index contributed by atoms with van der Waals surface area (Å²) >= 11 is 0. The van der Waals surface area contributed by atoms with Crippen molar-refractivity contribution in [2.75, 3.05) is 11.5 Å². The quantitative estimate of drug-likeness (QED) is 0.764. The number of carbonyl (C=O) groups is 2. The van der Waals surface area contributed by atoms with E-state index in [4.69, 9.17) is 0 Å². The van der Waals surface area contributed by atoms with Crippen LogP contribution in [0.25, 0.3) is 11.1 Å². The van der Waals surface area contributed by atoms with E-state index in [0.717, 1.165) is 11.1 Å². The summed E-state index contributed by atoms with van der Waals surface area (Å²) in [4.78, 5) is 25.0. The first-order valence-electron chi connectivity index (χ1n) is 8.24. The predicted octanol–water partition coefficient (Wildman–Crippen LogP) is 2.21. The maximum atomic E-state index is 12.5. The summed E-state index contributed by atoms with van der Waals surface area (Å²) in [5.41, 5.74) is 3.37. The van der Waals surface area contributed by atoms with Crippen LogP contribution < -0.4 is 5.32 Å². The summed E-state index contributed by atoms with van der Waals surface area (Å²) in [6.07, 6.45) is 0.868. The van der Waals surface area contributed by atoms with E-state index in [0.29, 0.717) is 29.5 Å². The van der Waals surface area contributed by atoms with Gasteiger partial charge in [0, 0.05) is 22.7 Å². The molecule has 4 rings (SSSR count). The Kier molecular flexibility index (Phi) is 3.72. The average molecular weight is 355 g/mol. The molecule has 1 heterocycles. The highest BCUT2D eigenvalue weighted by atomic mass is 32.2.